The van der Waals surface area contributed by atoms with Crippen molar-refractivity contribution >= 4 is 5.91 Å². The van der Waals surface area contributed by atoms with Crippen LogP contribution in [0, 0.1) is 0 Å². The van der Waals surface area contributed by atoms with Crippen LogP contribution in [0.2, 0.25) is 0 Å². The Morgan fingerprint density at radius 2 is 2.28 bits per heavy atom. The van der Waals surface area contributed by atoms with Crippen LogP contribution in [-0.2, 0) is 17.9 Å². The molecule has 1 fully saturated rings. The molecular formula is C19H24N4O2. The highest BCUT2D eigenvalue weighted by atomic mass is 16.5. The van der Waals surface area contributed by atoms with Crippen molar-refractivity contribution in [3.05, 3.63) is 36.0 Å². The third-order valence-electron chi connectivity index (χ3n) is 5.17. The van der Waals surface area contributed by atoms with Crippen molar-refractivity contribution in [3.8, 4) is 17.0 Å². The number of nitrogens with zero attached hydrogens (tertiary/aromatic N) is 3. The molecule has 2 aliphatic heterocycles. The minimum atomic E-state index is 0.0119. The third-order valence-corrected chi connectivity index (χ3v) is 5.17. The number of fused-ring (bicyclic) bond motifs is 3. The fourth-order valence-electron chi connectivity index (χ4n) is 3.87. The molecule has 1 aromatic carbocycles. The normalized spacial score (nSPS) is 19.2. The molecular weight excluding hydrogens is 316 g/mol. The number of hydrogen-bond donors (Lipinski definition) is 1. The molecule has 4 rings (SSSR count). The number of likely N-dealkylation sites (tertiary alicyclic amines) is 1. The van der Waals surface area contributed by atoms with Gasteiger partial charge in [0.05, 0.1) is 11.9 Å². The van der Waals surface area contributed by atoms with Crippen LogP contribution < -0.4 is 10.1 Å². The van der Waals surface area contributed by atoms with E-state index < -0.39 is 0 Å². The van der Waals surface area contributed by atoms with E-state index in [4.69, 9.17) is 4.74 Å². The zero-order valence-electron chi connectivity index (χ0n) is 14.6. The number of likely N-dealkylation sites (N-methyl/N-ethyl adjacent to an activating group) is 1. The third kappa shape index (κ3) is 3.14. The Kier molecular flexibility index (Phi) is 4.44. The molecule has 1 unspecified atom stereocenters. The number of carbonyl (C=O) groups excluding carboxylic acids is 1. The summed E-state index contributed by atoms with van der Waals surface area (Å²) in [5.74, 6) is 0.861. The number of ether oxygens (including phenoxy) is 1. The van der Waals surface area contributed by atoms with Crippen molar-refractivity contribution in [3.63, 3.8) is 0 Å². The Hall–Kier alpha value is -2.34. The zero-order valence-corrected chi connectivity index (χ0v) is 14.6. The maximum Gasteiger partial charge on any atom is 0.241 e. The largest absolute Gasteiger partial charge is 0.488 e. The number of aromatic nitrogens is 2. The summed E-state index contributed by atoms with van der Waals surface area (Å²) in [5.41, 5.74) is 3.02. The number of para-hydroxylation sites is 1. The molecule has 1 atom stereocenters. The van der Waals surface area contributed by atoms with E-state index in [0.29, 0.717) is 12.6 Å². The summed E-state index contributed by atoms with van der Waals surface area (Å²) in [5, 5.41) is 7.50. The second-order valence-corrected chi connectivity index (χ2v) is 6.69. The van der Waals surface area contributed by atoms with Crippen molar-refractivity contribution in [2.24, 2.45) is 0 Å². The van der Waals surface area contributed by atoms with E-state index in [0.717, 1.165) is 48.6 Å². The molecule has 1 amide bonds. The maximum absolute atomic E-state index is 12.4. The summed E-state index contributed by atoms with van der Waals surface area (Å²) >= 11 is 0. The summed E-state index contributed by atoms with van der Waals surface area (Å²) in [6, 6.07) is 8.37. The van der Waals surface area contributed by atoms with Gasteiger partial charge in [-0.25, -0.2) is 0 Å². The van der Waals surface area contributed by atoms with Gasteiger partial charge in [0, 0.05) is 23.7 Å². The first-order chi connectivity index (χ1) is 12.3. The molecule has 0 bridgehead atoms. The Balaban J connectivity index is 1.44. The predicted molar refractivity (Wildman–Crippen MR) is 95.3 cm³/mol. The number of benzene rings is 1. The quantitative estimate of drug-likeness (QED) is 0.905. The summed E-state index contributed by atoms with van der Waals surface area (Å²) in [7, 11) is 0. The number of nitrogens with one attached hydrogen (secondary N) is 1. The van der Waals surface area contributed by atoms with E-state index in [9.17, 15) is 4.79 Å². The molecule has 1 N–H and O–H groups in total. The topological polar surface area (TPSA) is 59.4 Å². The first-order valence-electron chi connectivity index (χ1n) is 9.04. The second kappa shape index (κ2) is 6.88. The van der Waals surface area contributed by atoms with E-state index in [-0.39, 0.29) is 12.5 Å². The van der Waals surface area contributed by atoms with Crippen molar-refractivity contribution < 1.29 is 9.53 Å². The summed E-state index contributed by atoms with van der Waals surface area (Å²) in [6.45, 7) is 5.82. The molecule has 1 aromatic heterocycles. The lowest BCUT2D eigenvalue weighted by Gasteiger charge is -2.23. The molecule has 132 valence electrons. The molecule has 0 spiro atoms. The number of amides is 1. The monoisotopic (exact) mass is 340 g/mol. The van der Waals surface area contributed by atoms with Crippen LogP contribution in [0.15, 0.2) is 30.5 Å². The zero-order chi connectivity index (χ0) is 17.2. The number of carbonyl (C=O) groups is 1. The molecule has 0 saturated carbocycles. The lowest BCUT2D eigenvalue weighted by Crippen LogP contribution is -2.41. The van der Waals surface area contributed by atoms with Crippen molar-refractivity contribution in [2.75, 3.05) is 19.6 Å². The smallest absolute Gasteiger partial charge is 0.241 e. The maximum atomic E-state index is 12.4. The summed E-state index contributed by atoms with van der Waals surface area (Å²) < 4.78 is 7.54. The molecule has 0 radical (unpaired) electrons. The van der Waals surface area contributed by atoms with E-state index in [1.807, 2.05) is 24.3 Å². The van der Waals surface area contributed by atoms with Gasteiger partial charge in [-0.1, -0.05) is 19.1 Å². The van der Waals surface area contributed by atoms with Crippen LogP contribution in [0.4, 0.5) is 0 Å². The minimum Gasteiger partial charge on any atom is -0.488 e. The highest BCUT2D eigenvalue weighted by Gasteiger charge is 2.25. The van der Waals surface area contributed by atoms with Crippen molar-refractivity contribution in [1.29, 1.82) is 0 Å². The van der Waals surface area contributed by atoms with Gasteiger partial charge in [0.1, 0.15) is 18.9 Å². The molecule has 1 saturated heterocycles. The Bertz CT molecular complexity index is 771. The van der Waals surface area contributed by atoms with Gasteiger partial charge in [0.15, 0.2) is 0 Å². The first kappa shape index (κ1) is 16.1. The summed E-state index contributed by atoms with van der Waals surface area (Å²) in [4.78, 5) is 14.9. The SMILES string of the molecule is CCN1CCCC1CNC(=O)Cn1ncc2c1-c1ccccc1OC2. The van der Waals surface area contributed by atoms with Gasteiger partial charge in [0.2, 0.25) is 5.91 Å². The average Bonchev–Trinajstić information content (AvgIpc) is 3.26. The fourth-order valence-corrected chi connectivity index (χ4v) is 3.87. The van der Waals surface area contributed by atoms with E-state index >= 15 is 0 Å². The fraction of sp³-hybridized carbons (Fsp3) is 0.474. The van der Waals surface area contributed by atoms with Gasteiger partial charge in [0.25, 0.3) is 0 Å². The molecule has 6 nitrogen and oxygen atoms in total. The van der Waals surface area contributed by atoms with Gasteiger partial charge in [-0.3, -0.25) is 14.4 Å². The molecule has 25 heavy (non-hydrogen) atoms. The Morgan fingerprint density at radius 1 is 1.40 bits per heavy atom. The number of rotatable bonds is 5. The lowest BCUT2D eigenvalue weighted by molar-refractivity contribution is -0.122. The average molecular weight is 340 g/mol. The van der Waals surface area contributed by atoms with Crippen LogP contribution in [0.5, 0.6) is 5.75 Å². The van der Waals surface area contributed by atoms with E-state index in [2.05, 4.69) is 22.2 Å². The van der Waals surface area contributed by atoms with E-state index in [1.165, 1.54) is 6.42 Å². The van der Waals surface area contributed by atoms with Gasteiger partial charge < -0.3 is 10.1 Å². The van der Waals surface area contributed by atoms with Crippen LogP contribution in [-0.4, -0.2) is 46.3 Å². The van der Waals surface area contributed by atoms with Crippen LogP contribution in [0.1, 0.15) is 25.3 Å². The Morgan fingerprint density at radius 3 is 3.16 bits per heavy atom. The predicted octanol–water partition coefficient (Wildman–Crippen LogP) is 2.04. The van der Waals surface area contributed by atoms with Crippen LogP contribution in [0.3, 0.4) is 0 Å². The molecule has 3 heterocycles. The van der Waals surface area contributed by atoms with Crippen LogP contribution in [0.25, 0.3) is 11.3 Å². The van der Waals surface area contributed by atoms with Gasteiger partial charge >= 0.3 is 0 Å². The van der Waals surface area contributed by atoms with Gasteiger partial charge in [-0.2, -0.15) is 5.10 Å². The molecule has 0 aliphatic carbocycles. The molecule has 6 heteroatoms. The minimum absolute atomic E-state index is 0.0119. The van der Waals surface area contributed by atoms with Crippen LogP contribution >= 0.6 is 0 Å². The van der Waals surface area contributed by atoms with Crippen molar-refractivity contribution in [1.82, 2.24) is 20.0 Å². The Labute approximate surface area is 147 Å². The van der Waals surface area contributed by atoms with E-state index in [1.54, 1.807) is 10.9 Å². The lowest BCUT2D eigenvalue weighted by atomic mass is 10.0. The first-order valence-corrected chi connectivity index (χ1v) is 9.04. The standard InChI is InChI=1S/C19H24N4O2/c1-2-22-9-5-6-15(22)11-20-18(24)12-23-19-14(10-21-23)13-25-17-8-4-3-7-16(17)19/h3-4,7-8,10,15H,2,5-6,9,11-13H2,1H3,(H,20,24). The van der Waals surface area contributed by atoms with Gasteiger partial charge in [-0.05, 0) is 38.1 Å². The highest BCUT2D eigenvalue weighted by Crippen LogP contribution is 2.36. The molecule has 2 aliphatic rings. The number of hydrogen-bond acceptors (Lipinski definition) is 4. The molecule has 2 aromatic rings. The van der Waals surface area contributed by atoms with Gasteiger partial charge in [-0.15, -0.1) is 0 Å². The van der Waals surface area contributed by atoms with Crippen molar-refractivity contribution in [2.45, 2.75) is 39.0 Å². The highest BCUT2D eigenvalue weighted by molar-refractivity contribution is 5.78. The summed E-state index contributed by atoms with van der Waals surface area (Å²) in [6.07, 6.45) is 4.18. The second-order valence-electron chi connectivity index (χ2n) is 6.69.